The normalized spacial score (nSPS) is 16.5. The van der Waals surface area contributed by atoms with E-state index in [2.05, 4.69) is 25.2 Å². The number of rotatable bonds is 7. The highest BCUT2D eigenvalue weighted by Gasteiger charge is 2.30. The highest BCUT2D eigenvalue weighted by Crippen LogP contribution is 2.36. The minimum Gasteiger partial charge on any atom is -0.493 e. The first-order valence-electron chi connectivity index (χ1n) is 10.4. The van der Waals surface area contributed by atoms with Crippen LogP contribution in [0.3, 0.4) is 0 Å². The van der Waals surface area contributed by atoms with Crippen LogP contribution in [0, 0.1) is 0 Å². The van der Waals surface area contributed by atoms with Crippen LogP contribution in [0.5, 0.6) is 11.5 Å². The molecule has 3 aromatic heterocycles. The Morgan fingerprint density at radius 3 is 2.69 bits per heavy atom. The molecule has 10 heteroatoms. The third-order valence-electron chi connectivity index (χ3n) is 5.71. The standard InChI is InChI=1S/C22H24N6O4/c1-27-10-5-7-16(27)21-24-22(32-26-21)14-9-11-28(12-14)13-18-23-20(25-31-18)15-6-4-8-17(29-2)19(15)30-3/h4-8,10,14H,9,11-13H2,1-3H3. The number of hydrogen-bond acceptors (Lipinski definition) is 9. The fourth-order valence-corrected chi connectivity index (χ4v) is 4.06. The molecular weight excluding hydrogens is 412 g/mol. The Hall–Kier alpha value is -3.66. The zero-order valence-electron chi connectivity index (χ0n) is 18.2. The van der Waals surface area contributed by atoms with Crippen molar-refractivity contribution in [3.63, 3.8) is 0 Å². The van der Waals surface area contributed by atoms with Crippen LogP contribution >= 0.6 is 0 Å². The van der Waals surface area contributed by atoms with Gasteiger partial charge in [-0.05, 0) is 37.2 Å². The molecule has 0 amide bonds. The Kier molecular flexibility index (Phi) is 5.36. The van der Waals surface area contributed by atoms with Crippen molar-refractivity contribution in [1.29, 1.82) is 0 Å². The molecule has 0 saturated carbocycles. The van der Waals surface area contributed by atoms with Crippen molar-refractivity contribution in [2.75, 3.05) is 27.3 Å². The van der Waals surface area contributed by atoms with Gasteiger partial charge >= 0.3 is 0 Å². The van der Waals surface area contributed by atoms with Gasteiger partial charge in [-0.25, -0.2) is 0 Å². The minimum absolute atomic E-state index is 0.178. The van der Waals surface area contributed by atoms with Gasteiger partial charge in [-0.1, -0.05) is 16.4 Å². The lowest BCUT2D eigenvalue weighted by atomic mass is 10.1. The molecular formula is C22H24N6O4. The number of methoxy groups -OCH3 is 2. The third kappa shape index (κ3) is 3.73. The Morgan fingerprint density at radius 2 is 1.91 bits per heavy atom. The van der Waals surface area contributed by atoms with Gasteiger partial charge in [0.1, 0.15) is 0 Å². The smallest absolute Gasteiger partial charge is 0.241 e. The van der Waals surface area contributed by atoms with E-state index >= 15 is 0 Å². The van der Waals surface area contributed by atoms with E-state index < -0.39 is 0 Å². The molecule has 0 radical (unpaired) electrons. The molecule has 32 heavy (non-hydrogen) atoms. The largest absolute Gasteiger partial charge is 0.493 e. The van der Waals surface area contributed by atoms with Crippen LogP contribution in [0.2, 0.25) is 0 Å². The SMILES string of the molecule is COc1cccc(-c2noc(CN3CCC(c4nc(-c5cccn5C)no4)C3)n2)c1OC. The van der Waals surface area contributed by atoms with Gasteiger partial charge in [-0.3, -0.25) is 4.90 Å². The number of aryl methyl sites for hydroxylation is 1. The average molecular weight is 436 g/mol. The number of likely N-dealkylation sites (tertiary alicyclic amines) is 1. The predicted molar refractivity (Wildman–Crippen MR) is 114 cm³/mol. The van der Waals surface area contributed by atoms with Crippen molar-refractivity contribution in [3.05, 3.63) is 48.3 Å². The fourth-order valence-electron chi connectivity index (χ4n) is 4.06. The Labute approximate surface area is 184 Å². The van der Waals surface area contributed by atoms with Crippen molar-refractivity contribution in [1.82, 2.24) is 29.7 Å². The summed E-state index contributed by atoms with van der Waals surface area (Å²) in [6.45, 7) is 2.22. The number of para-hydroxylation sites is 1. The van der Waals surface area contributed by atoms with Crippen LogP contribution in [0.15, 0.2) is 45.6 Å². The molecule has 1 saturated heterocycles. The van der Waals surface area contributed by atoms with Crippen molar-refractivity contribution < 1.29 is 18.5 Å². The summed E-state index contributed by atoms with van der Waals surface area (Å²) in [7, 11) is 5.15. The first-order valence-corrected chi connectivity index (χ1v) is 10.4. The zero-order valence-corrected chi connectivity index (χ0v) is 18.2. The lowest BCUT2D eigenvalue weighted by molar-refractivity contribution is 0.260. The molecule has 10 nitrogen and oxygen atoms in total. The van der Waals surface area contributed by atoms with Crippen LogP contribution in [0.25, 0.3) is 22.9 Å². The van der Waals surface area contributed by atoms with Gasteiger partial charge in [0.05, 0.1) is 37.9 Å². The van der Waals surface area contributed by atoms with Crippen molar-refractivity contribution in [2.45, 2.75) is 18.9 Å². The van der Waals surface area contributed by atoms with E-state index in [1.54, 1.807) is 14.2 Å². The van der Waals surface area contributed by atoms with Gasteiger partial charge in [0.15, 0.2) is 11.5 Å². The molecule has 4 aromatic rings. The molecule has 1 aliphatic heterocycles. The summed E-state index contributed by atoms with van der Waals surface area (Å²) >= 11 is 0. The van der Waals surface area contributed by atoms with Gasteiger partial charge in [-0.2, -0.15) is 9.97 Å². The van der Waals surface area contributed by atoms with Gasteiger partial charge < -0.3 is 23.1 Å². The molecule has 1 aromatic carbocycles. The van der Waals surface area contributed by atoms with Gasteiger partial charge in [0.25, 0.3) is 0 Å². The quantitative estimate of drug-likeness (QED) is 0.432. The number of ether oxygens (including phenoxy) is 2. The lowest BCUT2D eigenvalue weighted by Gasteiger charge is -2.11. The fraction of sp³-hybridized carbons (Fsp3) is 0.364. The summed E-state index contributed by atoms with van der Waals surface area (Å²) in [4.78, 5) is 11.4. The molecule has 1 atom stereocenters. The Balaban J connectivity index is 1.26. The highest BCUT2D eigenvalue weighted by atomic mass is 16.5. The highest BCUT2D eigenvalue weighted by molar-refractivity contribution is 5.68. The van der Waals surface area contributed by atoms with Gasteiger partial charge in [-0.15, -0.1) is 0 Å². The first kappa shape index (κ1) is 20.3. The van der Waals surface area contributed by atoms with Crippen molar-refractivity contribution in [3.8, 4) is 34.4 Å². The summed E-state index contributed by atoms with van der Waals surface area (Å²) < 4.78 is 23.9. The van der Waals surface area contributed by atoms with Crippen LogP contribution in [0.4, 0.5) is 0 Å². The zero-order chi connectivity index (χ0) is 22.1. The topological polar surface area (TPSA) is 104 Å². The monoisotopic (exact) mass is 436 g/mol. The maximum atomic E-state index is 5.56. The van der Waals surface area contributed by atoms with Crippen LogP contribution in [0.1, 0.15) is 24.1 Å². The molecule has 4 heterocycles. The molecule has 0 aliphatic carbocycles. The second-order valence-electron chi connectivity index (χ2n) is 7.73. The maximum Gasteiger partial charge on any atom is 0.241 e. The summed E-state index contributed by atoms with van der Waals surface area (Å²) in [5.74, 6) is 3.66. The molecule has 1 unspecified atom stereocenters. The lowest BCUT2D eigenvalue weighted by Crippen LogP contribution is -2.20. The number of hydrogen-bond donors (Lipinski definition) is 0. The van der Waals surface area contributed by atoms with E-state index in [4.69, 9.17) is 18.5 Å². The summed E-state index contributed by atoms with van der Waals surface area (Å²) in [5, 5.41) is 8.29. The number of aromatic nitrogens is 5. The van der Waals surface area contributed by atoms with E-state index in [-0.39, 0.29) is 5.92 Å². The van der Waals surface area contributed by atoms with Crippen molar-refractivity contribution >= 4 is 0 Å². The van der Waals surface area contributed by atoms with Crippen molar-refractivity contribution in [2.24, 2.45) is 7.05 Å². The Bertz CT molecular complexity index is 1210. The van der Waals surface area contributed by atoms with Gasteiger partial charge in [0.2, 0.25) is 23.4 Å². The number of nitrogens with zero attached hydrogens (tertiary/aromatic N) is 6. The second kappa shape index (κ2) is 8.46. The minimum atomic E-state index is 0.178. The second-order valence-corrected chi connectivity index (χ2v) is 7.73. The van der Waals surface area contributed by atoms with E-state index in [1.165, 1.54) is 0 Å². The predicted octanol–water partition coefficient (Wildman–Crippen LogP) is 3.13. The average Bonchev–Trinajstić information content (AvgIpc) is 3.60. The molecule has 1 fully saturated rings. The molecule has 166 valence electrons. The van der Waals surface area contributed by atoms with E-state index in [0.29, 0.717) is 41.5 Å². The van der Waals surface area contributed by atoms with Crippen LogP contribution in [-0.2, 0) is 13.6 Å². The maximum absolute atomic E-state index is 5.56. The molecule has 0 N–H and O–H groups in total. The first-order chi connectivity index (χ1) is 15.7. The van der Waals surface area contributed by atoms with Crippen LogP contribution in [-0.4, -0.2) is 57.1 Å². The molecule has 0 spiro atoms. The number of benzene rings is 1. The summed E-state index contributed by atoms with van der Waals surface area (Å²) in [6.07, 6.45) is 2.89. The Morgan fingerprint density at radius 1 is 1.03 bits per heavy atom. The third-order valence-corrected chi connectivity index (χ3v) is 5.71. The van der Waals surface area contributed by atoms with E-state index in [9.17, 15) is 0 Å². The molecule has 1 aliphatic rings. The molecule has 5 rings (SSSR count). The van der Waals surface area contributed by atoms with E-state index in [1.807, 2.05) is 48.1 Å². The van der Waals surface area contributed by atoms with Gasteiger partial charge in [0, 0.05) is 19.8 Å². The molecule has 0 bridgehead atoms. The van der Waals surface area contributed by atoms with E-state index in [0.717, 1.165) is 30.8 Å². The van der Waals surface area contributed by atoms with Crippen LogP contribution < -0.4 is 9.47 Å². The summed E-state index contributed by atoms with van der Waals surface area (Å²) in [6, 6.07) is 9.50. The summed E-state index contributed by atoms with van der Waals surface area (Å²) in [5.41, 5.74) is 1.65.